The summed E-state index contributed by atoms with van der Waals surface area (Å²) in [5, 5.41) is 12.5. The number of nitrogens with one attached hydrogen (secondary N) is 1. The minimum absolute atomic E-state index is 0.141. The molecule has 1 aliphatic heterocycles. The van der Waals surface area contributed by atoms with Gasteiger partial charge < -0.3 is 10.2 Å². The molecule has 20 heavy (non-hydrogen) atoms. The second-order valence-electron chi connectivity index (χ2n) is 6.94. The van der Waals surface area contributed by atoms with E-state index >= 15 is 0 Å². The first kappa shape index (κ1) is 17.5. The molecule has 0 aliphatic carbocycles. The van der Waals surface area contributed by atoms with Crippen LogP contribution in [0.15, 0.2) is 0 Å². The Hall–Kier alpha value is -0.590. The highest BCUT2D eigenvalue weighted by Gasteiger charge is 2.19. The fourth-order valence-electron chi connectivity index (χ4n) is 2.86. The molecule has 0 saturated carbocycles. The third kappa shape index (κ3) is 7.26. The molecule has 1 heterocycles. The molecule has 0 aromatic heterocycles. The second kappa shape index (κ2) is 9.37. The van der Waals surface area contributed by atoms with E-state index in [1.807, 2.05) is 13.8 Å². The van der Waals surface area contributed by atoms with Crippen LogP contribution in [0.4, 0.5) is 0 Å². The average Bonchev–Trinajstić information content (AvgIpc) is 2.45. The number of hydrogen-bond acceptors (Lipinski definition) is 3. The van der Waals surface area contributed by atoms with Crippen molar-refractivity contribution in [2.24, 2.45) is 11.3 Å². The highest BCUT2D eigenvalue weighted by atomic mass is 15.1. The van der Waals surface area contributed by atoms with Gasteiger partial charge in [-0.25, -0.2) is 0 Å². The number of nitrogens with zero attached hydrogens (tertiary/aromatic N) is 2. The topological polar surface area (TPSA) is 39.1 Å². The summed E-state index contributed by atoms with van der Waals surface area (Å²) in [4.78, 5) is 2.61. The van der Waals surface area contributed by atoms with Gasteiger partial charge in [-0.1, -0.05) is 13.3 Å². The first-order valence-corrected chi connectivity index (χ1v) is 8.41. The summed E-state index contributed by atoms with van der Waals surface area (Å²) in [5.74, 6) is 0.885. The van der Waals surface area contributed by atoms with Crippen molar-refractivity contribution in [3.05, 3.63) is 0 Å². The molecule has 116 valence electrons. The van der Waals surface area contributed by atoms with E-state index in [1.165, 1.54) is 58.3 Å². The third-order valence-corrected chi connectivity index (χ3v) is 4.40. The standard InChI is InChI=1S/C17H33N3/c1-4-10-19-14-16-7-12-20(13-8-16)11-6-5-9-17(2,3)15-18/h16,19H,4-14H2,1-3H3. The molecule has 1 rings (SSSR count). The van der Waals surface area contributed by atoms with Crippen LogP contribution in [0.3, 0.4) is 0 Å². The molecule has 0 aromatic rings. The predicted octanol–water partition coefficient (Wildman–Crippen LogP) is 3.42. The van der Waals surface area contributed by atoms with Crippen LogP contribution in [-0.4, -0.2) is 37.6 Å². The lowest BCUT2D eigenvalue weighted by atomic mass is 9.89. The lowest BCUT2D eigenvalue weighted by molar-refractivity contribution is 0.178. The Labute approximate surface area is 125 Å². The summed E-state index contributed by atoms with van der Waals surface area (Å²) in [5.41, 5.74) is -0.141. The first-order valence-electron chi connectivity index (χ1n) is 8.41. The maximum atomic E-state index is 8.99. The summed E-state index contributed by atoms with van der Waals surface area (Å²) >= 11 is 0. The number of piperidine rings is 1. The second-order valence-corrected chi connectivity index (χ2v) is 6.94. The van der Waals surface area contributed by atoms with Gasteiger partial charge in [-0.05, 0) is 84.6 Å². The Balaban J connectivity index is 2.04. The van der Waals surface area contributed by atoms with Crippen LogP contribution in [0.2, 0.25) is 0 Å². The van der Waals surface area contributed by atoms with E-state index in [4.69, 9.17) is 5.26 Å². The summed E-state index contributed by atoms with van der Waals surface area (Å²) in [7, 11) is 0. The molecule has 1 N–H and O–H groups in total. The molecule has 0 spiro atoms. The van der Waals surface area contributed by atoms with Crippen molar-refractivity contribution < 1.29 is 0 Å². The maximum absolute atomic E-state index is 8.99. The van der Waals surface area contributed by atoms with Crippen LogP contribution in [0.25, 0.3) is 0 Å². The van der Waals surface area contributed by atoms with E-state index in [1.54, 1.807) is 0 Å². The maximum Gasteiger partial charge on any atom is 0.0683 e. The Morgan fingerprint density at radius 1 is 1.25 bits per heavy atom. The van der Waals surface area contributed by atoms with E-state index in [0.717, 1.165) is 18.9 Å². The molecule has 3 heteroatoms. The van der Waals surface area contributed by atoms with Gasteiger partial charge >= 0.3 is 0 Å². The molecule has 1 saturated heterocycles. The molecule has 1 aliphatic rings. The number of unbranched alkanes of at least 4 members (excludes halogenated alkanes) is 1. The van der Waals surface area contributed by atoms with Gasteiger partial charge in [-0.2, -0.15) is 5.26 Å². The van der Waals surface area contributed by atoms with Gasteiger partial charge in [-0.3, -0.25) is 0 Å². The summed E-state index contributed by atoms with van der Waals surface area (Å²) in [6.07, 6.45) is 7.38. The first-order chi connectivity index (χ1) is 9.57. The monoisotopic (exact) mass is 279 g/mol. The van der Waals surface area contributed by atoms with E-state index in [0.29, 0.717) is 0 Å². The molecule has 3 nitrogen and oxygen atoms in total. The van der Waals surface area contributed by atoms with Crippen molar-refractivity contribution in [2.45, 2.75) is 59.3 Å². The van der Waals surface area contributed by atoms with Gasteiger partial charge in [0.1, 0.15) is 0 Å². The largest absolute Gasteiger partial charge is 0.316 e. The van der Waals surface area contributed by atoms with E-state index in [9.17, 15) is 0 Å². The number of hydrogen-bond donors (Lipinski definition) is 1. The van der Waals surface area contributed by atoms with Gasteiger partial charge in [0, 0.05) is 0 Å². The molecule has 0 atom stereocenters. The van der Waals surface area contributed by atoms with Gasteiger partial charge in [0.25, 0.3) is 0 Å². The fraction of sp³-hybridized carbons (Fsp3) is 0.941. The van der Waals surface area contributed by atoms with Crippen LogP contribution < -0.4 is 5.32 Å². The molecule has 0 unspecified atom stereocenters. The minimum Gasteiger partial charge on any atom is -0.316 e. The summed E-state index contributed by atoms with van der Waals surface area (Å²) in [6, 6.07) is 2.39. The molecule has 0 aromatic carbocycles. The van der Waals surface area contributed by atoms with Gasteiger partial charge in [-0.15, -0.1) is 0 Å². The molecule has 1 fully saturated rings. The molecule has 0 bridgehead atoms. The Morgan fingerprint density at radius 2 is 1.95 bits per heavy atom. The normalized spacial score (nSPS) is 18.1. The quantitative estimate of drug-likeness (QED) is 0.657. The van der Waals surface area contributed by atoms with Crippen molar-refractivity contribution in [3.63, 3.8) is 0 Å². The molecule has 0 radical (unpaired) electrons. The van der Waals surface area contributed by atoms with Crippen molar-refractivity contribution in [1.82, 2.24) is 10.2 Å². The predicted molar refractivity (Wildman–Crippen MR) is 85.6 cm³/mol. The Bertz CT molecular complexity index is 285. The van der Waals surface area contributed by atoms with Gasteiger partial charge in [0.05, 0.1) is 11.5 Å². The molecular weight excluding hydrogens is 246 g/mol. The van der Waals surface area contributed by atoms with E-state index in [2.05, 4.69) is 23.2 Å². The summed E-state index contributed by atoms with van der Waals surface area (Å²) < 4.78 is 0. The van der Waals surface area contributed by atoms with Crippen molar-refractivity contribution >= 4 is 0 Å². The molecular formula is C17H33N3. The van der Waals surface area contributed by atoms with E-state index in [-0.39, 0.29) is 5.41 Å². The fourth-order valence-corrected chi connectivity index (χ4v) is 2.86. The smallest absolute Gasteiger partial charge is 0.0683 e. The number of rotatable bonds is 9. The molecule has 0 amide bonds. The van der Waals surface area contributed by atoms with Crippen molar-refractivity contribution in [2.75, 3.05) is 32.7 Å². The summed E-state index contributed by atoms with van der Waals surface area (Å²) in [6.45, 7) is 12.4. The Morgan fingerprint density at radius 3 is 2.55 bits per heavy atom. The van der Waals surface area contributed by atoms with Gasteiger partial charge in [0.15, 0.2) is 0 Å². The average molecular weight is 279 g/mol. The zero-order valence-corrected chi connectivity index (χ0v) is 13.7. The highest BCUT2D eigenvalue weighted by molar-refractivity contribution is 4.91. The zero-order chi connectivity index (χ0) is 14.8. The van der Waals surface area contributed by atoms with Crippen LogP contribution in [-0.2, 0) is 0 Å². The van der Waals surface area contributed by atoms with Crippen molar-refractivity contribution in [1.29, 1.82) is 5.26 Å². The van der Waals surface area contributed by atoms with Gasteiger partial charge in [0.2, 0.25) is 0 Å². The van der Waals surface area contributed by atoms with E-state index < -0.39 is 0 Å². The Kier molecular flexibility index (Phi) is 8.18. The van der Waals surface area contributed by atoms with Crippen LogP contribution >= 0.6 is 0 Å². The lowest BCUT2D eigenvalue weighted by Crippen LogP contribution is -2.37. The number of nitriles is 1. The number of likely N-dealkylation sites (tertiary alicyclic amines) is 1. The SMILES string of the molecule is CCCNCC1CCN(CCCCC(C)(C)C#N)CC1. The minimum atomic E-state index is -0.141. The third-order valence-electron chi connectivity index (χ3n) is 4.40. The van der Waals surface area contributed by atoms with Crippen LogP contribution in [0.1, 0.15) is 59.3 Å². The lowest BCUT2D eigenvalue weighted by Gasteiger charge is -2.32. The van der Waals surface area contributed by atoms with Crippen LogP contribution in [0, 0.1) is 22.7 Å². The highest BCUT2D eigenvalue weighted by Crippen LogP contribution is 2.22. The zero-order valence-electron chi connectivity index (χ0n) is 13.7. The van der Waals surface area contributed by atoms with Crippen LogP contribution in [0.5, 0.6) is 0 Å². The van der Waals surface area contributed by atoms with Crippen molar-refractivity contribution in [3.8, 4) is 6.07 Å².